The van der Waals surface area contributed by atoms with E-state index in [1.807, 2.05) is 19.9 Å². The van der Waals surface area contributed by atoms with Gasteiger partial charge in [-0.25, -0.2) is 9.97 Å². The fraction of sp³-hybridized carbons (Fsp3) is 0.615. The molecule has 0 spiro atoms. The minimum absolute atomic E-state index is 0.0529. The number of aryl methyl sites for hydroxylation is 1. The van der Waals surface area contributed by atoms with E-state index in [-0.39, 0.29) is 11.9 Å². The van der Waals surface area contributed by atoms with Crippen LogP contribution in [-0.4, -0.2) is 42.7 Å². The number of hydrogen-bond donors (Lipinski definition) is 1. The molecule has 1 unspecified atom stereocenters. The zero-order valence-corrected chi connectivity index (χ0v) is 11.6. The van der Waals surface area contributed by atoms with Crippen LogP contribution in [0, 0.1) is 12.8 Å². The minimum Gasteiger partial charge on any atom is -0.469 e. The monoisotopic (exact) mass is 264 g/mol. The van der Waals surface area contributed by atoms with E-state index in [1.165, 1.54) is 7.11 Å². The Bertz CT molecular complexity index is 464. The summed E-state index contributed by atoms with van der Waals surface area (Å²) < 4.78 is 4.79. The average molecular weight is 264 g/mol. The Kier molecular flexibility index (Phi) is 4.19. The van der Waals surface area contributed by atoms with E-state index in [1.54, 1.807) is 0 Å². The predicted molar refractivity (Wildman–Crippen MR) is 73.3 cm³/mol. The molecule has 19 heavy (non-hydrogen) atoms. The average Bonchev–Trinajstić information content (AvgIpc) is 2.87. The number of nitrogens with zero attached hydrogens (tertiary/aromatic N) is 3. The highest BCUT2D eigenvalue weighted by atomic mass is 16.5. The number of nitrogens with one attached hydrogen (secondary N) is 1. The first kappa shape index (κ1) is 13.6. The van der Waals surface area contributed by atoms with Crippen molar-refractivity contribution in [1.82, 2.24) is 9.97 Å². The van der Waals surface area contributed by atoms with Crippen molar-refractivity contribution < 1.29 is 9.53 Å². The molecule has 1 aromatic heterocycles. The lowest BCUT2D eigenvalue weighted by Gasteiger charge is -2.18. The summed E-state index contributed by atoms with van der Waals surface area (Å²) in [6, 6.07) is 1.93. The number of esters is 1. The maximum Gasteiger partial charge on any atom is 0.310 e. The molecule has 6 nitrogen and oxygen atoms in total. The van der Waals surface area contributed by atoms with Crippen LogP contribution in [0.5, 0.6) is 0 Å². The summed E-state index contributed by atoms with van der Waals surface area (Å²) in [4.78, 5) is 22.4. The molecule has 0 aromatic carbocycles. The van der Waals surface area contributed by atoms with E-state index in [2.05, 4.69) is 20.2 Å². The van der Waals surface area contributed by atoms with Crippen molar-refractivity contribution in [3.63, 3.8) is 0 Å². The zero-order valence-electron chi connectivity index (χ0n) is 11.6. The summed E-state index contributed by atoms with van der Waals surface area (Å²) in [5.74, 6) is 2.24. The third-order valence-corrected chi connectivity index (χ3v) is 3.23. The van der Waals surface area contributed by atoms with E-state index in [4.69, 9.17) is 4.74 Å². The Labute approximate surface area is 113 Å². The van der Waals surface area contributed by atoms with Crippen molar-refractivity contribution in [1.29, 1.82) is 0 Å². The van der Waals surface area contributed by atoms with Crippen molar-refractivity contribution >= 4 is 17.6 Å². The van der Waals surface area contributed by atoms with E-state index in [0.717, 1.165) is 37.0 Å². The second kappa shape index (κ2) is 5.86. The van der Waals surface area contributed by atoms with Gasteiger partial charge in [-0.1, -0.05) is 0 Å². The van der Waals surface area contributed by atoms with E-state index in [0.29, 0.717) is 6.54 Å². The second-order valence-corrected chi connectivity index (χ2v) is 4.64. The number of methoxy groups -OCH3 is 1. The zero-order chi connectivity index (χ0) is 13.8. The Morgan fingerprint density at radius 2 is 2.37 bits per heavy atom. The van der Waals surface area contributed by atoms with Crippen LogP contribution in [-0.2, 0) is 9.53 Å². The number of aromatic nitrogens is 2. The van der Waals surface area contributed by atoms with Crippen molar-refractivity contribution in [3.05, 3.63) is 11.9 Å². The van der Waals surface area contributed by atoms with Crippen LogP contribution in [0.1, 0.15) is 19.2 Å². The summed E-state index contributed by atoms with van der Waals surface area (Å²) in [6.07, 6.45) is 0.812. The largest absolute Gasteiger partial charge is 0.469 e. The Morgan fingerprint density at radius 1 is 1.58 bits per heavy atom. The van der Waals surface area contributed by atoms with Crippen LogP contribution < -0.4 is 10.2 Å². The molecular formula is C13H20N4O2. The molecule has 0 radical (unpaired) electrons. The normalized spacial score (nSPS) is 18.5. The van der Waals surface area contributed by atoms with E-state index >= 15 is 0 Å². The number of anilines is 2. The highest BCUT2D eigenvalue weighted by Gasteiger charge is 2.30. The standard InChI is InChI=1S/C13H20N4O2/c1-4-14-11-7-12(16-9(2)15-11)17-6-5-10(8-17)13(18)19-3/h7,10H,4-6,8H2,1-3H3,(H,14,15,16). The highest BCUT2D eigenvalue weighted by molar-refractivity contribution is 5.74. The summed E-state index contributed by atoms with van der Waals surface area (Å²) in [6.45, 7) is 6.20. The second-order valence-electron chi connectivity index (χ2n) is 4.64. The third-order valence-electron chi connectivity index (χ3n) is 3.23. The van der Waals surface area contributed by atoms with E-state index < -0.39 is 0 Å². The number of carbonyl (C=O) groups excluding carboxylic acids is 1. The molecule has 1 aliphatic rings. The fourth-order valence-electron chi connectivity index (χ4n) is 2.31. The van der Waals surface area contributed by atoms with Crippen molar-refractivity contribution in [2.75, 3.05) is 37.0 Å². The van der Waals surface area contributed by atoms with Crippen LogP contribution in [0.15, 0.2) is 6.07 Å². The SMILES string of the molecule is CCNc1cc(N2CCC(C(=O)OC)C2)nc(C)n1. The fourth-order valence-corrected chi connectivity index (χ4v) is 2.31. The number of ether oxygens (including phenoxy) is 1. The summed E-state index contributed by atoms with van der Waals surface area (Å²) in [7, 11) is 1.43. The maximum absolute atomic E-state index is 11.5. The Balaban J connectivity index is 2.12. The summed E-state index contributed by atoms with van der Waals surface area (Å²) in [5.41, 5.74) is 0. The van der Waals surface area contributed by atoms with Crippen LogP contribution in [0.25, 0.3) is 0 Å². The molecule has 0 aliphatic carbocycles. The van der Waals surface area contributed by atoms with Gasteiger partial charge in [0, 0.05) is 25.7 Å². The molecule has 6 heteroatoms. The molecule has 0 amide bonds. The van der Waals surface area contributed by atoms with Gasteiger partial charge in [0.2, 0.25) is 0 Å². The molecule has 104 valence electrons. The first-order chi connectivity index (χ1) is 9.13. The first-order valence-electron chi connectivity index (χ1n) is 6.56. The Morgan fingerprint density at radius 3 is 3.05 bits per heavy atom. The topological polar surface area (TPSA) is 67.4 Å². The molecule has 1 aromatic rings. The predicted octanol–water partition coefficient (Wildman–Crippen LogP) is 1.22. The third kappa shape index (κ3) is 3.13. The number of carbonyl (C=O) groups is 1. The van der Waals surface area contributed by atoms with Gasteiger partial charge in [-0.2, -0.15) is 0 Å². The minimum atomic E-state index is -0.139. The maximum atomic E-state index is 11.5. The van der Waals surface area contributed by atoms with Crippen LogP contribution in [0.2, 0.25) is 0 Å². The molecule has 1 saturated heterocycles. The first-order valence-corrected chi connectivity index (χ1v) is 6.56. The van der Waals surface area contributed by atoms with Gasteiger partial charge in [0.15, 0.2) is 0 Å². The lowest BCUT2D eigenvalue weighted by molar-refractivity contribution is -0.144. The lowest BCUT2D eigenvalue weighted by Crippen LogP contribution is -2.24. The molecule has 1 aliphatic heterocycles. The van der Waals surface area contributed by atoms with Crippen LogP contribution >= 0.6 is 0 Å². The molecule has 2 heterocycles. The molecular weight excluding hydrogens is 244 g/mol. The van der Waals surface area contributed by atoms with Gasteiger partial charge in [0.05, 0.1) is 13.0 Å². The van der Waals surface area contributed by atoms with Gasteiger partial charge in [0.25, 0.3) is 0 Å². The van der Waals surface area contributed by atoms with E-state index in [9.17, 15) is 4.79 Å². The van der Waals surface area contributed by atoms with Crippen molar-refractivity contribution in [3.8, 4) is 0 Å². The quantitative estimate of drug-likeness (QED) is 0.825. The smallest absolute Gasteiger partial charge is 0.310 e. The molecule has 2 rings (SSSR count). The summed E-state index contributed by atoms with van der Waals surface area (Å²) >= 11 is 0. The molecule has 1 fully saturated rings. The van der Waals surface area contributed by atoms with Crippen LogP contribution in [0.4, 0.5) is 11.6 Å². The van der Waals surface area contributed by atoms with Crippen molar-refractivity contribution in [2.45, 2.75) is 20.3 Å². The van der Waals surface area contributed by atoms with Crippen LogP contribution in [0.3, 0.4) is 0 Å². The number of rotatable bonds is 4. The highest BCUT2D eigenvalue weighted by Crippen LogP contribution is 2.24. The van der Waals surface area contributed by atoms with Gasteiger partial charge in [0.1, 0.15) is 17.5 Å². The molecule has 1 N–H and O–H groups in total. The molecule has 1 atom stereocenters. The van der Waals surface area contributed by atoms with Gasteiger partial charge in [-0.05, 0) is 20.3 Å². The van der Waals surface area contributed by atoms with Gasteiger partial charge in [-0.3, -0.25) is 4.79 Å². The molecule has 0 saturated carbocycles. The van der Waals surface area contributed by atoms with Crippen molar-refractivity contribution in [2.24, 2.45) is 5.92 Å². The summed E-state index contributed by atoms with van der Waals surface area (Å²) in [5, 5.41) is 3.19. The van der Waals surface area contributed by atoms with Gasteiger partial charge in [-0.15, -0.1) is 0 Å². The number of hydrogen-bond acceptors (Lipinski definition) is 6. The van der Waals surface area contributed by atoms with Gasteiger partial charge < -0.3 is 15.0 Å². The van der Waals surface area contributed by atoms with Gasteiger partial charge >= 0.3 is 5.97 Å². The Hall–Kier alpha value is -1.85. The molecule has 0 bridgehead atoms. The lowest BCUT2D eigenvalue weighted by atomic mass is 10.1.